The third kappa shape index (κ3) is 4.94. The molecule has 2 rings (SSSR count). The molecule has 1 atom stereocenters. The second-order valence-corrected chi connectivity index (χ2v) is 7.53. The van der Waals surface area contributed by atoms with Crippen LogP contribution in [0.25, 0.3) is 0 Å². The van der Waals surface area contributed by atoms with E-state index in [4.69, 9.17) is 0 Å². The maximum Gasteiger partial charge on any atom is 0.247 e. The predicted molar refractivity (Wildman–Crippen MR) is 103 cm³/mol. The number of carbonyl (C=O) groups excluding carboxylic acids is 2. The third-order valence-electron chi connectivity index (χ3n) is 4.36. The average Bonchev–Trinajstić information content (AvgIpc) is 3.04. The van der Waals surface area contributed by atoms with E-state index < -0.39 is 6.04 Å². The van der Waals surface area contributed by atoms with Gasteiger partial charge in [-0.1, -0.05) is 58.0 Å². The van der Waals surface area contributed by atoms with Crippen LogP contribution in [0.1, 0.15) is 52.3 Å². The Morgan fingerprint density at radius 2 is 1.81 bits per heavy atom. The fourth-order valence-electron chi connectivity index (χ4n) is 2.69. The summed E-state index contributed by atoms with van der Waals surface area (Å²) in [6.45, 7) is 9.77. The van der Waals surface area contributed by atoms with Crippen LogP contribution >= 0.6 is 0 Å². The summed E-state index contributed by atoms with van der Waals surface area (Å²) in [5.74, 6) is 0.270. The molecular formula is C20H28N4O2. The molecule has 6 heteroatoms. The molecule has 140 valence electrons. The Kier molecular flexibility index (Phi) is 6.18. The summed E-state index contributed by atoms with van der Waals surface area (Å²) in [7, 11) is 0. The van der Waals surface area contributed by atoms with Crippen molar-refractivity contribution in [1.82, 2.24) is 15.5 Å². The largest absolute Gasteiger partial charge is 0.345 e. The summed E-state index contributed by atoms with van der Waals surface area (Å²) in [6.07, 6.45) is 0.398. The molecule has 2 amide bonds. The Balaban J connectivity index is 2.01. The first-order chi connectivity index (χ1) is 12.2. The highest BCUT2D eigenvalue weighted by atomic mass is 16.2. The molecule has 0 saturated carbocycles. The lowest BCUT2D eigenvalue weighted by atomic mass is 9.82. The highest BCUT2D eigenvalue weighted by Gasteiger charge is 2.26. The van der Waals surface area contributed by atoms with Crippen LogP contribution in [0, 0.1) is 5.92 Å². The van der Waals surface area contributed by atoms with Gasteiger partial charge in [0.15, 0.2) is 5.82 Å². The standard InChI is InChI=1S/C20H28N4O2/c1-13(2)11-18(25)21-14(3)19(26)22-17-12-16(23-24-17)20(4,5)15-9-7-6-8-10-15/h6-10,12-14H,11H2,1-5H3,(H,21,25)(H2,22,23,24,26). The molecule has 0 aliphatic rings. The number of carbonyl (C=O) groups is 2. The summed E-state index contributed by atoms with van der Waals surface area (Å²) in [5, 5.41) is 12.6. The van der Waals surface area contributed by atoms with Crippen molar-refractivity contribution >= 4 is 17.6 Å². The minimum atomic E-state index is -0.622. The van der Waals surface area contributed by atoms with Crippen LogP contribution < -0.4 is 10.6 Å². The normalized spacial score (nSPS) is 12.7. The van der Waals surface area contributed by atoms with Crippen molar-refractivity contribution in [3.8, 4) is 0 Å². The monoisotopic (exact) mass is 356 g/mol. The lowest BCUT2D eigenvalue weighted by Gasteiger charge is -2.23. The van der Waals surface area contributed by atoms with Crippen LogP contribution in [0.3, 0.4) is 0 Å². The Labute approximate surface area is 154 Å². The fourth-order valence-corrected chi connectivity index (χ4v) is 2.69. The molecule has 0 saturated heterocycles. The van der Waals surface area contributed by atoms with Gasteiger partial charge in [0.1, 0.15) is 6.04 Å². The van der Waals surface area contributed by atoms with Gasteiger partial charge in [0, 0.05) is 23.6 Å². The van der Waals surface area contributed by atoms with Crippen LogP contribution in [0.5, 0.6) is 0 Å². The Hall–Kier alpha value is -2.63. The van der Waals surface area contributed by atoms with E-state index in [2.05, 4.69) is 46.8 Å². The molecule has 6 nitrogen and oxygen atoms in total. The zero-order valence-electron chi connectivity index (χ0n) is 16.1. The van der Waals surface area contributed by atoms with Crippen molar-refractivity contribution < 1.29 is 9.59 Å². The molecule has 0 bridgehead atoms. The molecular weight excluding hydrogens is 328 g/mol. The number of benzene rings is 1. The first kappa shape index (κ1) is 19.7. The van der Waals surface area contributed by atoms with E-state index in [1.807, 2.05) is 38.1 Å². The molecule has 0 aliphatic heterocycles. The zero-order valence-corrected chi connectivity index (χ0v) is 16.1. The van der Waals surface area contributed by atoms with E-state index in [0.717, 1.165) is 11.3 Å². The summed E-state index contributed by atoms with van der Waals surface area (Å²) in [5.41, 5.74) is 1.78. The number of hydrogen-bond acceptors (Lipinski definition) is 3. The highest BCUT2D eigenvalue weighted by Crippen LogP contribution is 2.30. The number of H-pyrrole nitrogens is 1. The van der Waals surface area contributed by atoms with E-state index in [9.17, 15) is 9.59 Å². The summed E-state index contributed by atoms with van der Waals surface area (Å²) < 4.78 is 0. The minimum Gasteiger partial charge on any atom is -0.345 e. The fraction of sp³-hybridized carbons (Fsp3) is 0.450. The lowest BCUT2D eigenvalue weighted by molar-refractivity contribution is -0.126. The van der Waals surface area contributed by atoms with Crippen molar-refractivity contribution in [2.75, 3.05) is 5.32 Å². The average molecular weight is 356 g/mol. The lowest BCUT2D eigenvalue weighted by Crippen LogP contribution is -2.42. The topological polar surface area (TPSA) is 86.9 Å². The first-order valence-electron chi connectivity index (χ1n) is 8.91. The molecule has 1 aromatic carbocycles. The second-order valence-electron chi connectivity index (χ2n) is 7.53. The van der Waals surface area contributed by atoms with Crippen LogP contribution in [-0.4, -0.2) is 28.1 Å². The van der Waals surface area contributed by atoms with Crippen molar-refractivity contribution in [1.29, 1.82) is 0 Å². The van der Waals surface area contributed by atoms with E-state index >= 15 is 0 Å². The smallest absolute Gasteiger partial charge is 0.247 e. The summed E-state index contributed by atoms with van der Waals surface area (Å²) in [6, 6.07) is 11.3. The number of aromatic nitrogens is 2. The molecule has 0 aliphatic carbocycles. The van der Waals surface area contributed by atoms with Gasteiger partial charge in [-0.05, 0) is 18.4 Å². The van der Waals surface area contributed by atoms with Crippen LogP contribution in [0.4, 0.5) is 5.82 Å². The number of nitrogens with zero attached hydrogens (tertiary/aromatic N) is 1. The van der Waals surface area contributed by atoms with Gasteiger partial charge in [-0.25, -0.2) is 0 Å². The number of anilines is 1. The SMILES string of the molecule is CC(C)CC(=O)NC(C)C(=O)Nc1cc(C(C)(C)c2ccccc2)[nH]n1. The Bertz CT molecular complexity index is 750. The zero-order chi connectivity index (χ0) is 19.3. The first-order valence-corrected chi connectivity index (χ1v) is 8.91. The van der Waals surface area contributed by atoms with Gasteiger partial charge < -0.3 is 10.6 Å². The molecule has 26 heavy (non-hydrogen) atoms. The van der Waals surface area contributed by atoms with E-state index in [1.54, 1.807) is 6.92 Å². The number of hydrogen-bond donors (Lipinski definition) is 3. The molecule has 0 spiro atoms. The van der Waals surface area contributed by atoms with Gasteiger partial charge in [0.25, 0.3) is 0 Å². The summed E-state index contributed by atoms with van der Waals surface area (Å²) in [4.78, 5) is 24.1. The Morgan fingerprint density at radius 1 is 1.15 bits per heavy atom. The maximum absolute atomic E-state index is 12.3. The molecule has 1 unspecified atom stereocenters. The molecule has 1 heterocycles. The van der Waals surface area contributed by atoms with Crippen molar-refractivity contribution in [2.45, 2.75) is 52.5 Å². The molecule has 0 fully saturated rings. The Morgan fingerprint density at radius 3 is 2.42 bits per heavy atom. The van der Waals surface area contributed by atoms with Crippen LogP contribution in [-0.2, 0) is 15.0 Å². The highest BCUT2D eigenvalue weighted by molar-refractivity contribution is 5.96. The van der Waals surface area contributed by atoms with Gasteiger partial charge in [-0.15, -0.1) is 0 Å². The van der Waals surface area contributed by atoms with E-state index in [1.165, 1.54) is 0 Å². The van der Waals surface area contributed by atoms with Gasteiger partial charge >= 0.3 is 0 Å². The van der Waals surface area contributed by atoms with Crippen LogP contribution in [0.2, 0.25) is 0 Å². The molecule has 0 radical (unpaired) electrons. The number of rotatable bonds is 7. The van der Waals surface area contributed by atoms with Gasteiger partial charge in [0.05, 0.1) is 0 Å². The maximum atomic E-state index is 12.3. The van der Waals surface area contributed by atoms with Gasteiger partial charge in [-0.3, -0.25) is 14.7 Å². The van der Waals surface area contributed by atoms with Gasteiger partial charge in [-0.2, -0.15) is 5.10 Å². The van der Waals surface area contributed by atoms with Crippen molar-refractivity contribution in [3.05, 3.63) is 47.7 Å². The second kappa shape index (κ2) is 8.17. The van der Waals surface area contributed by atoms with Gasteiger partial charge in [0.2, 0.25) is 11.8 Å². The molecule has 1 aromatic heterocycles. The number of amides is 2. The summed E-state index contributed by atoms with van der Waals surface area (Å²) >= 11 is 0. The number of aromatic amines is 1. The molecule has 3 N–H and O–H groups in total. The number of nitrogens with one attached hydrogen (secondary N) is 3. The quantitative estimate of drug-likeness (QED) is 0.712. The van der Waals surface area contributed by atoms with Crippen molar-refractivity contribution in [3.63, 3.8) is 0 Å². The third-order valence-corrected chi connectivity index (χ3v) is 4.36. The predicted octanol–water partition coefficient (Wildman–Crippen LogP) is 3.22. The van der Waals surface area contributed by atoms with Crippen LogP contribution in [0.15, 0.2) is 36.4 Å². The molecule has 2 aromatic rings. The van der Waals surface area contributed by atoms with E-state index in [-0.39, 0.29) is 23.1 Å². The van der Waals surface area contributed by atoms with Crippen molar-refractivity contribution in [2.24, 2.45) is 5.92 Å². The van der Waals surface area contributed by atoms with E-state index in [0.29, 0.717) is 12.2 Å². The minimum absolute atomic E-state index is 0.129.